The molecule has 10 nitrogen and oxygen atoms in total. The van der Waals surface area contributed by atoms with E-state index in [0.29, 0.717) is 41.3 Å². The van der Waals surface area contributed by atoms with Crippen LogP contribution >= 0.6 is 0 Å². The van der Waals surface area contributed by atoms with Gasteiger partial charge in [-0.2, -0.15) is 15.4 Å². The topological polar surface area (TPSA) is 122 Å². The number of piperidine rings is 1. The molecule has 0 radical (unpaired) electrons. The number of H-pyrrole nitrogens is 1. The first-order chi connectivity index (χ1) is 15.3. The Kier molecular flexibility index (Phi) is 4.33. The molecule has 31 heavy (non-hydrogen) atoms. The van der Waals surface area contributed by atoms with Gasteiger partial charge in [-0.25, -0.2) is 9.97 Å². The summed E-state index contributed by atoms with van der Waals surface area (Å²) in [5.41, 5.74) is 2.93. The number of nitrogens with one attached hydrogen (secondary N) is 2. The summed E-state index contributed by atoms with van der Waals surface area (Å²) in [7, 11) is 0. The zero-order valence-electron chi connectivity index (χ0n) is 16.7. The Hall–Kier alpha value is -3.82. The average Bonchev–Trinajstić information content (AvgIpc) is 3.34. The van der Waals surface area contributed by atoms with Crippen molar-refractivity contribution in [1.29, 1.82) is 0 Å². The molecule has 2 N–H and O–H groups in total. The number of aromatic nitrogens is 7. The lowest BCUT2D eigenvalue weighted by Crippen LogP contribution is -2.23. The minimum Gasteiger partial charge on any atom is -0.402 e. The Labute approximate surface area is 178 Å². The molecule has 0 amide bonds. The molecule has 1 aliphatic heterocycles. The zero-order valence-corrected chi connectivity index (χ0v) is 16.7. The molecule has 2 fully saturated rings. The van der Waals surface area contributed by atoms with Crippen LogP contribution < -0.4 is 10.2 Å². The molecular weight excluding hydrogens is 394 g/mol. The maximum Gasteiger partial charge on any atom is 0.318 e. The summed E-state index contributed by atoms with van der Waals surface area (Å²) < 4.78 is 5.93. The van der Waals surface area contributed by atoms with E-state index >= 15 is 0 Å². The van der Waals surface area contributed by atoms with Crippen molar-refractivity contribution < 1.29 is 4.42 Å². The highest BCUT2D eigenvalue weighted by molar-refractivity contribution is 5.50. The number of hydrogen-bond acceptors (Lipinski definition) is 9. The molecule has 0 spiro atoms. The molecule has 2 unspecified atom stereocenters. The van der Waals surface area contributed by atoms with Crippen LogP contribution in [0.15, 0.2) is 53.2 Å². The van der Waals surface area contributed by atoms with Crippen molar-refractivity contribution in [2.75, 3.05) is 29.9 Å². The minimum atomic E-state index is 0.400. The van der Waals surface area contributed by atoms with Gasteiger partial charge in [0, 0.05) is 31.7 Å². The Morgan fingerprint density at radius 2 is 1.97 bits per heavy atom. The lowest BCUT2D eigenvalue weighted by Gasteiger charge is -2.15. The van der Waals surface area contributed by atoms with Crippen LogP contribution in [-0.4, -0.2) is 55.2 Å². The van der Waals surface area contributed by atoms with Gasteiger partial charge < -0.3 is 14.6 Å². The zero-order chi connectivity index (χ0) is 20.6. The van der Waals surface area contributed by atoms with Gasteiger partial charge in [-0.1, -0.05) is 35.4 Å². The molecule has 1 aliphatic carbocycles. The number of benzene rings is 1. The van der Waals surface area contributed by atoms with Crippen LogP contribution in [0.25, 0.3) is 11.6 Å². The van der Waals surface area contributed by atoms with Crippen LogP contribution in [0.4, 0.5) is 12.0 Å². The van der Waals surface area contributed by atoms with E-state index < -0.39 is 0 Å². The van der Waals surface area contributed by atoms with Gasteiger partial charge in [0.05, 0.1) is 11.9 Å². The van der Waals surface area contributed by atoms with Crippen molar-refractivity contribution >= 4 is 12.0 Å². The van der Waals surface area contributed by atoms with E-state index in [1.165, 1.54) is 5.56 Å². The molecule has 0 bridgehead atoms. The van der Waals surface area contributed by atoms with Gasteiger partial charge in [0.15, 0.2) is 0 Å². The number of anilines is 2. The second-order valence-electron chi connectivity index (χ2n) is 7.97. The smallest absolute Gasteiger partial charge is 0.318 e. The first-order valence-corrected chi connectivity index (χ1v) is 10.4. The van der Waals surface area contributed by atoms with E-state index in [-0.39, 0.29) is 0 Å². The van der Waals surface area contributed by atoms with Crippen molar-refractivity contribution in [3.8, 4) is 11.6 Å². The first-order valence-electron chi connectivity index (χ1n) is 10.4. The molecule has 4 heterocycles. The third-order valence-corrected chi connectivity index (χ3v) is 6.07. The molecule has 156 valence electrons. The predicted molar refractivity (Wildman–Crippen MR) is 112 cm³/mol. The Morgan fingerprint density at radius 1 is 1.10 bits per heavy atom. The monoisotopic (exact) mass is 415 g/mol. The quantitative estimate of drug-likeness (QED) is 0.467. The highest BCUT2D eigenvalue weighted by Crippen LogP contribution is 2.57. The normalized spacial score (nSPS) is 21.8. The summed E-state index contributed by atoms with van der Waals surface area (Å²) in [5.74, 6) is 2.58. The molecule has 1 saturated carbocycles. The van der Waals surface area contributed by atoms with Crippen molar-refractivity contribution in [3.05, 3.63) is 60.0 Å². The van der Waals surface area contributed by atoms with Crippen LogP contribution in [0, 0.1) is 11.8 Å². The molecule has 10 heteroatoms. The third kappa shape index (κ3) is 3.49. The van der Waals surface area contributed by atoms with Crippen molar-refractivity contribution in [2.24, 2.45) is 11.8 Å². The molecular formula is C21H21N9O. The summed E-state index contributed by atoms with van der Waals surface area (Å²) in [5, 5.41) is 22.5. The van der Waals surface area contributed by atoms with Crippen molar-refractivity contribution in [1.82, 2.24) is 35.6 Å². The number of aromatic amines is 1. The van der Waals surface area contributed by atoms with Gasteiger partial charge in [0.1, 0.15) is 5.69 Å². The van der Waals surface area contributed by atoms with E-state index in [4.69, 9.17) is 4.42 Å². The number of hydrogen-bond donors (Lipinski definition) is 2. The fraction of sp³-hybridized carbons (Fsp3) is 0.333. The van der Waals surface area contributed by atoms with Crippen LogP contribution in [0.2, 0.25) is 0 Å². The Balaban J connectivity index is 1.08. The molecule has 1 saturated heterocycles. The standard InChI is InChI=1S/C21H21N9O/c1-2-4-13(5-3-1)6-8-22-20-23-9-7-16(25-20)19-27-28-21(31-19)30-11-14-15(12-30)18(14)17-10-24-29-26-17/h1-5,7,9-10,14-15,18H,6,8,11-12H2,(H,22,23,25)(H,24,26,29). The molecule has 4 aromatic rings. The van der Waals surface area contributed by atoms with Crippen LogP contribution in [-0.2, 0) is 6.42 Å². The van der Waals surface area contributed by atoms with E-state index in [1.54, 1.807) is 12.3 Å². The number of nitrogens with zero attached hydrogens (tertiary/aromatic N) is 7. The van der Waals surface area contributed by atoms with Gasteiger partial charge in [-0.05, 0) is 29.9 Å². The number of rotatable bonds is 7. The van der Waals surface area contributed by atoms with E-state index in [1.807, 2.05) is 24.4 Å². The van der Waals surface area contributed by atoms with E-state index in [2.05, 4.69) is 57.9 Å². The van der Waals surface area contributed by atoms with Crippen molar-refractivity contribution in [2.45, 2.75) is 12.3 Å². The maximum absolute atomic E-state index is 5.93. The van der Waals surface area contributed by atoms with Gasteiger partial charge >= 0.3 is 6.01 Å². The Bertz CT molecular complexity index is 1150. The summed E-state index contributed by atoms with van der Waals surface area (Å²) in [6.07, 6.45) is 4.41. The second kappa shape index (κ2) is 7.46. The van der Waals surface area contributed by atoms with Gasteiger partial charge in [0.2, 0.25) is 5.95 Å². The SMILES string of the molecule is c1ccc(CCNc2nccc(-c3nnc(N4CC5C(C4)C5c4cn[nH]n4)o3)n2)cc1. The molecule has 6 rings (SSSR count). The highest BCUT2D eigenvalue weighted by Gasteiger charge is 2.58. The summed E-state index contributed by atoms with van der Waals surface area (Å²) in [4.78, 5) is 11.0. The molecule has 1 aromatic carbocycles. The predicted octanol–water partition coefficient (Wildman–Crippen LogP) is 2.15. The fourth-order valence-electron chi connectivity index (χ4n) is 4.47. The lowest BCUT2D eigenvalue weighted by atomic mass is 10.1. The average molecular weight is 415 g/mol. The summed E-state index contributed by atoms with van der Waals surface area (Å²) >= 11 is 0. The molecule has 2 atom stereocenters. The minimum absolute atomic E-state index is 0.400. The summed E-state index contributed by atoms with van der Waals surface area (Å²) in [6.45, 7) is 2.52. The van der Waals surface area contributed by atoms with Crippen LogP contribution in [0.1, 0.15) is 17.2 Å². The van der Waals surface area contributed by atoms with Gasteiger partial charge in [-0.15, -0.1) is 5.10 Å². The van der Waals surface area contributed by atoms with Crippen molar-refractivity contribution in [3.63, 3.8) is 0 Å². The third-order valence-electron chi connectivity index (χ3n) is 6.07. The fourth-order valence-corrected chi connectivity index (χ4v) is 4.47. The van der Waals surface area contributed by atoms with Gasteiger partial charge in [0.25, 0.3) is 5.89 Å². The highest BCUT2D eigenvalue weighted by atomic mass is 16.4. The second-order valence-corrected chi connectivity index (χ2v) is 7.97. The van der Waals surface area contributed by atoms with Crippen LogP contribution in [0.3, 0.4) is 0 Å². The van der Waals surface area contributed by atoms with Gasteiger partial charge in [-0.3, -0.25) is 0 Å². The summed E-state index contributed by atoms with van der Waals surface area (Å²) in [6, 6.07) is 12.6. The largest absolute Gasteiger partial charge is 0.402 e. The van der Waals surface area contributed by atoms with E-state index in [0.717, 1.165) is 31.7 Å². The van der Waals surface area contributed by atoms with Crippen LogP contribution in [0.5, 0.6) is 0 Å². The number of fused-ring (bicyclic) bond motifs is 1. The Morgan fingerprint density at radius 3 is 2.77 bits per heavy atom. The molecule has 2 aliphatic rings. The maximum atomic E-state index is 5.93. The lowest BCUT2D eigenvalue weighted by molar-refractivity contribution is 0.542. The molecule has 3 aromatic heterocycles. The first kappa shape index (κ1) is 18.0. The van der Waals surface area contributed by atoms with E-state index in [9.17, 15) is 0 Å².